The Morgan fingerprint density at radius 2 is 1.62 bits per heavy atom. The lowest BCUT2D eigenvalue weighted by Crippen LogP contribution is -2.08. The first-order valence-corrected chi connectivity index (χ1v) is 9.82. The maximum Gasteiger partial charge on any atom is 0.125 e. The van der Waals surface area contributed by atoms with Crippen LogP contribution in [0.4, 0.5) is 0 Å². The molecule has 0 saturated carbocycles. The van der Waals surface area contributed by atoms with E-state index in [2.05, 4.69) is 34.3 Å². The molecule has 0 saturated heterocycles. The molecule has 0 amide bonds. The normalized spacial score (nSPS) is 11.3. The van der Waals surface area contributed by atoms with Crippen molar-refractivity contribution in [1.29, 1.82) is 0 Å². The summed E-state index contributed by atoms with van der Waals surface area (Å²) in [4.78, 5) is 4.66. The molecule has 0 aliphatic heterocycles. The quantitative estimate of drug-likeness (QED) is 0.218. The molecule has 0 aliphatic rings. The topological polar surface area (TPSA) is 49.3 Å². The van der Waals surface area contributed by atoms with E-state index in [9.17, 15) is 0 Å². The van der Waals surface area contributed by atoms with E-state index in [0.717, 1.165) is 34.6 Å². The fourth-order valence-electron chi connectivity index (χ4n) is 2.84. The van der Waals surface area contributed by atoms with Gasteiger partial charge in [0.05, 0.1) is 13.2 Å². The van der Waals surface area contributed by atoms with E-state index in [-0.39, 0.29) is 0 Å². The van der Waals surface area contributed by atoms with Crippen molar-refractivity contribution in [3.63, 3.8) is 0 Å². The Morgan fingerprint density at radius 1 is 0.931 bits per heavy atom. The van der Waals surface area contributed by atoms with Crippen molar-refractivity contribution in [3.8, 4) is 11.5 Å². The van der Waals surface area contributed by atoms with Crippen LogP contribution in [0.2, 0.25) is 0 Å². The molecule has 5 nitrogen and oxygen atoms in total. The lowest BCUT2D eigenvalue weighted by atomic mass is 10.1. The van der Waals surface area contributed by atoms with Crippen LogP contribution in [0.3, 0.4) is 0 Å². The minimum Gasteiger partial charge on any atom is -0.491 e. The number of ether oxygens (including phenoxy) is 3. The molecule has 0 heterocycles. The highest BCUT2D eigenvalue weighted by Gasteiger charge is 2.07. The zero-order chi connectivity index (χ0) is 20.9. The molecule has 2 aromatic carbocycles. The number of benzene rings is 2. The van der Waals surface area contributed by atoms with E-state index in [4.69, 9.17) is 14.2 Å². The minimum atomic E-state index is 0.506. The number of rotatable bonds is 12. The summed E-state index contributed by atoms with van der Waals surface area (Å²) < 4.78 is 17.4. The molecule has 0 unspecified atom stereocenters. The molecule has 0 aliphatic carbocycles. The van der Waals surface area contributed by atoms with Gasteiger partial charge < -0.3 is 19.0 Å². The largest absolute Gasteiger partial charge is 0.491 e. The summed E-state index contributed by atoms with van der Waals surface area (Å²) in [6.07, 6.45) is 6.45. The van der Waals surface area contributed by atoms with E-state index < -0.39 is 0 Å². The lowest BCUT2D eigenvalue weighted by molar-refractivity contribution is 0.0884. The maximum atomic E-state index is 5.94. The third-order valence-electron chi connectivity index (χ3n) is 4.29. The Morgan fingerprint density at radius 3 is 2.28 bits per heavy atom. The average Bonchev–Trinajstić information content (AvgIpc) is 2.71. The molecule has 0 atom stereocenters. The summed E-state index contributed by atoms with van der Waals surface area (Å²) in [7, 11) is 1.54. The molecule has 0 radical (unpaired) electrons. The van der Waals surface area contributed by atoms with Crippen molar-refractivity contribution < 1.29 is 19.0 Å². The second-order valence-electron chi connectivity index (χ2n) is 6.66. The van der Waals surface area contributed by atoms with E-state index in [1.807, 2.05) is 45.1 Å². The van der Waals surface area contributed by atoms with E-state index in [0.29, 0.717) is 26.4 Å². The van der Waals surface area contributed by atoms with Crippen LogP contribution < -0.4 is 9.47 Å². The monoisotopic (exact) mass is 397 g/mol. The van der Waals surface area contributed by atoms with E-state index >= 15 is 0 Å². The van der Waals surface area contributed by atoms with Crippen LogP contribution in [0.15, 0.2) is 53.7 Å². The number of hydrogen-bond acceptors (Lipinski definition) is 5. The molecular formula is C24H31NO4. The van der Waals surface area contributed by atoms with Crippen molar-refractivity contribution in [1.82, 2.24) is 0 Å². The van der Waals surface area contributed by atoms with Gasteiger partial charge in [-0.25, -0.2) is 0 Å². The molecular weight excluding hydrogens is 366 g/mol. The van der Waals surface area contributed by atoms with Crippen LogP contribution in [-0.4, -0.2) is 33.1 Å². The summed E-state index contributed by atoms with van der Waals surface area (Å²) >= 11 is 0. The van der Waals surface area contributed by atoms with Gasteiger partial charge in [-0.2, -0.15) is 0 Å². The van der Waals surface area contributed by atoms with Gasteiger partial charge >= 0.3 is 0 Å². The van der Waals surface area contributed by atoms with Gasteiger partial charge in [-0.15, -0.1) is 0 Å². The molecule has 2 rings (SSSR count). The molecule has 2 aromatic rings. The Labute approximate surface area is 173 Å². The van der Waals surface area contributed by atoms with Crippen molar-refractivity contribution >= 4 is 6.21 Å². The van der Waals surface area contributed by atoms with Gasteiger partial charge in [-0.05, 0) is 55.2 Å². The Balaban J connectivity index is 1.74. The van der Waals surface area contributed by atoms with Gasteiger partial charge in [-0.3, -0.25) is 0 Å². The lowest BCUT2D eigenvalue weighted by Gasteiger charge is -2.14. The van der Waals surface area contributed by atoms with Gasteiger partial charge in [0, 0.05) is 12.6 Å². The molecule has 0 aromatic heterocycles. The third-order valence-corrected chi connectivity index (χ3v) is 4.29. The van der Waals surface area contributed by atoms with Crippen molar-refractivity contribution in [2.45, 2.75) is 33.8 Å². The number of allylic oxidation sites excluding steroid dienone is 1. The summed E-state index contributed by atoms with van der Waals surface area (Å²) in [5, 5.41) is 3.74. The average molecular weight is 398 g/mol. The first kappa shape index (κ1) is 22.5. The zero-order valence-corrected chi connectivity index (χ0v) is 17.8. The van der Waals surface area contributed by atoms with Gasteiger partial charge in [0.2, 0.25) is 0 Å². The molecule has 29 heavy (non-hydrogen) atoms. The van der Waals surface area contributed by atoms with Gasteiger partial charge in [0.1, 0.15) is 31.8 Å². The zero-order valence-electron chi connectivity index (χ0n) is 17.8. The van der Waals surface area contributed by atoms with Crippen LogP contribution in [0, 0.1) is 13.8 Å². The van der Waals surface area contributed by atoms with Gasteiger partial charge in [0.15, 0.2) is 0 Å². The highest BCUT2D eigenvalue weighted by molar-refractivity contribution is 5.60. The van der Waals surface area contributed by atoms with E-state index in [1.165, 1.54) is 5.56 Å². The number of oxime groups is 1. The summed E-state index contributed by atoms with van der Waals surface area (Å²) in [6.45, 7) is 8.21. The second kappa shape index (κ2) is 12.6. The summed E-state index contributed by atoms with van der Waals surface area (Å²) in [5.74, 6) is 1.76. The maximum absolute atomic E-state index is 5.94. The summed E-state index contributed by atoms with van der Waals surface area (Å²) in [6, 6.07) is 12.3. The predicted molar refractivity (Wildman–Crippen MR) is 117 cm³/mol. The fraction of sp³-hybridized carbons (Fsp3) is 0.375. The molecule has 0 spiro atoms. The third kappa shape index (κ3) is 8.00. The number of nitrogens with zero attached hydrogens (tertiary/aromatic N) is 1. The standard InChI is InChI=1S/C24H31NO4/c1-5-6-13-28-23-16-19(2)24(20(3)17-23)29-15-14-27-18-22-9-7-21(8-10-22)11-12-25-26-4/h5-10,12,16-17H,11,13-15,18H2,1-4H3/b6-5+,25-12?. The Bertz CT molecular complexity index is 774. The molecule has 5 heteroatoms. The highest BCUT2D eigenvalue weighted by Crippen LogP contribution is 2.28. The van der Waals surface area contributed by atoms with Gasteiger partial charge in [-0.1, -0.05) is 41.6 Å². The SMILES string of the molecule is C/C=C/COc1cc(C)c(OCCOCc2ccc(CC=NOC)cc2)c(C)c1. The minimum absolute atomic E-state index is 0.506. The van der Waals surface area contributed by atoms with Crippen molar-refractivity contribution in [3.05, 3.63) is 70.8 Å². The Hall–Kier alpha value is -2.79. The number of aryl methyl sites for hydroxylation is 2. The first-order chi connectivity index (χ1) is 14.1. The van der Waals surface area contributed by atoms with Crippen LogP contribution in [-0.2, 0) is 22.6 Å². The highest BCUT2D eigenvalue weighted by atomic mass is 16.6. The van der Waals surface area contributed by atoms with Gasteiger partial charge in [0.25, 0.3) is 0 Å². The molecule has 0 bridgehead atoms. The first-order valence-electron chi connectivity index (χ1n) is 9.82. The number of hydrogen-bond donors (Lipinski definition) is 0. The molecule has 0 fully saturated rings. The van der Waals surface area contributed by atoms with Crippen LogP contribution >= 0.6 is 0 Å². The second-order valence-corrected chi connectivity index (χ2v) is 6.66. The Kier molecular flexibility index (Phi) is 9.80. The molecule has 0 N–H and O–H groups in total. The smallest absolute Gasteiger partial charge is 0.125 e. The van der Waals surface area contributed by atoms with Crippen LogP contribution in [0.5, 0.6) is 11.5 Å². The van der Waals surface area contributed by atoms with Crippen LogP contribution in [0.1, 0.15) is 29.2 Å². The molecule has 156 valence electrons. The van der Waals surface area contributed by atoms with Crippen molar-refractivity contribution in [2.75, 3.05) is 26.9 Å². The van der Waals surface area contributed by atoms with E-state index in [1.54, 1.807) is 13.3 Å². The summed E-state index contributed by atoms with van der Waals surface area (Å²) in [5.41, 5.74) is 4.44. The fourth-order valence-corrected chi connectivity index (χ4v) is 2.84. The predicted octanol–water partition coefficient (Wildman–Crippen LogP) is 5.03. The van der Waals surface area contributed by atoms with Crippen molar-refractivity contribution in [2.24, 2.45) is 5.16 Å². The van der Waals surface area contributed by atoms with Crippen LogP contribution in [0.25, 0.3) is 0 Å².